The van der Waals surface area contributed by atoms with Crippen LogP contribution in [0.2, 0.25) is 0 Å². The van der Waals surface area contributed by atoms with E-state index in [2.05, 4.69) is 63.3 Å². The maximum Gasteiger partial charge on any atom is 0.306 e. The lowest BCUT2D eigenvalue weighted by atomic mass is 10.1. The van der Waals surface area contributed by atoms with Crippen LogP contribution in [0.3, 0.4) is 0 Å². The molecule has 0 fully saturated rings. The van der Waals surface area contributed by atoms with Crippen molar-refractivity contribution in [1.82, 2.24) is 0 Å². The molecule has 0 saturated heterocycles. The zero-order valence-electron chi connectivity index (χ0n) is 40.9. The van der Waals surface area contributed by atoms with Gasteiger partial charge in [0, 0.05) is 19.3 Å². The van der Waals surface area contributed by atoms with Crippen LogP contribution in [-0.2, 0) is 28.6 Å². The van der Waals surface area contributed by atoms with E-state index in [1.165, 1.54) is 128 Å². The Kier molecular flexibility index (Phi) is 48.4. The van der Waals surface area contributed by atoms with Crippen molar-refractivity contribution in [3.8, 4) is 0 Å². The molecule has 0 rings (SSSR count). The van der Waals surface area contributed by atoms with Gasteiger partial charge >= 0.3 is 17.9 Å². The number of esters is 3. The molecule has 6 heteroatoms. The number of carbonyl (C=O) groups excluding carboxylic acids is 3. The molecule has 1 atom stereocenters. The molecular formula is C56H98O6. The van der Waals surface area contributed by atoms with Gasteiger partial charge in [0.15, 0.2) is 6.10 Å². The quantitative estimate of drug-likeness (QED) is 0.0199. The molecule has 0 radical (unpaired) electrons. The fourth-order valence-corrected chi connectivity index (χ4v) is 7.39. The molecule has 0 saturated carbocycles. The molecule has 0 bridgehead atoms. The molecule has 0 heterocycles. The van der Waals surface area contributed by atoms with Crippen molar-refractivity contribution in [3.05, 3.63) is 60.8 Å². The maximum atomic E-state index is 12.8. The van der Waals surface area contributed by atoms with E-state index in [1.54, 1.807) is 0 Å². The van der Waals surface area contributed by atoms with Gasteiger partial charge in [-0.1, -0.05) is 236 Å². The van der Waals surface area contributed by atoms with Gasteiger partial charge in [-0.05, 0) is 64.2 Å². The van der Waals surface area contributed by atoms with Crippen molar-refractivity contribution in [2.24, 2.45) is 0 Å². The molecular weight excluding hydrogens is 769 g/mol. The molecule has 0 spiro atoms. The molecule has 0 N–H and O–H groups in total. The zero-order chi connectivity index (χ0) is 45.1. The third-order valence-corrected chi connectivity index (χ3v) is 11.4. The van der Waals surface area contributed by atoms with E-state index in [9.17, 15) is 14.4 Å². The number of rotatable bonds is 47. The van der Waals surface area contributed by atoms with Gasteiger partial charge < -0.3 is 14.2 Å². The lowest BCUT2D eigenvalue weighted by molar-refractivity contribution is -0.167. The van der Waals surface area contributed by atoms with Crippen molar-refractivity contribution in [2.75, 3.05) is 13.2 Å². The molecule has 0 aliphatic rings. The van der Waals surface area contributed by atoms with Crippen molar-refractivity contribution < 1.29 is 28.6 Å². The summed E-state index contributed by atoms with van der Waals surface area (Å²) in [5.41, 5.74) is 0. The van der Waals surface area contributed by atoms with Crippen molar-refractivity contribution in [1.29, 1.82) is 0 Å². The second kappa shape index (κ2) is 50.8. The van der Waals surface area contributed by atoms with Crippen LogP contribution in [0.1, 0.15) is 258 Å². The lowest BCUT2D eigenvalue weighted by Crippen LogP contribution is -2.30. The van der Waals surface area contributed by atoms with Crippen molar-refractivity contribution >= 4 is 17.9 Å². The Labute approximate surface area is 383 Å². The third kappa shape index (κ3) is 48.1. The summed E-state index contributed by atoms with van der Waals surface area (Å²) in [5, 5.41) is 0. The van der Waals surface area contributed by atoms with E-state index in [-0.39, 0.29) is 31.1 Å². The van der Waals surface area contributed by atoms with Crippen LogP contribution in [0.5, 0.6) is 0 Å². The molecule has 0 aliphatic heterocycles. The van der Waals surface area contributed by atoms with E-state index in [0.29, 0.717) is 19.3 Å². The van der Waals surface area contributed by atoms with Crippen LogP contribution in [0.25, 0.3) is 0 Å². The average molecular weight is 867 g/mol. The Morgan fingerprint density at radius 2 is 0.645 bits per heavy atom. The maximum absolute atomic E-state index is 12.8. The molecule has 358 valence electrons. The van der Waals surface area contributed by atoms with Gasteiger partial charge in [-0.2, -0.15) is 0 Å². The smallest absolute Gasteiger partial charge is 0.306 e. The van der Waals surface area contributed by atoms with E-state index < -0.39 is 6.10 Å². The van der Waals surface area contributed by atoms with Crippen LogP contribution in [0, 0.1) is 0 Å². The second-order valence-corrected chi connectivity index (χ2v) is 17.5. The Morgan fingerprint density at radius 1 is 0.339 bits per heavy atom. The van der Waals surface area contributed by atoms with Gasteiger partial charge in [-0.3, -0.25) is 14.4 Å². The van der Waals surface area contributed by atoms with Crippen LogP contribution in [-0.4, -0.2) is 37.2 Å². The summed E-state index contributed by atoms with van der Waals surface area (Å²) in [6, 6.07) is 0. The summed E-state index contributed by atoms with van der Waals surface area (Å²) in [6.07, 6.45) is 62.0. The highest BCUT2D eigenvalue weighted by atomic mass is 16.6. The molecule has 0 aromatic carbocycles. The molecule has 0 aliphatic carbocycles. The second-order valence-electron chi connectivity index (χ2n) is 17.5. The molecule has 0 amide bonds. The van der Waals surface area contributed by atoms with Crippen molar-refractivity contribution in [2.45, 2.75) is 264 Å². The minimum absolute atomic E-state index is 0.0849. The number of hydrogen-bond acceptors (Lipinski definition) is 6. The molecule has 0 aromatic rings. The molecule has 6 nitrogen and oxygen atoms in total. The van der Waals surface area contributed by atoms with Crippen LogP contribution in [0.4, 0.5) is 0 Å². The minimum Gasteiger partial charge on any atom is -0.462 e. The number of allylic oxidation sites excluding steroid dienone is 10. The van der Waals surface area contributed by atoms with E-state index >= 15 is 0 Å². The topological polar surface area (TPSA) is 78.9 Å². The summed E-state index contributed by atoms with van der Waals surface area (Å²) in [5.74, 6) is -0.912. The summed E-state index contributed by atoms with van der Waals surface area (Å²) in [7, 11) is 0. The number of ether oxygens (including phenoxy) is 3. The number of carbonyl (C=O) groups is 3. The highest BCUT2D eigenvalue weighted by molar-refractivity contribution is 5.71. The van der Waals surface area contributed by atoms with Crippen LogP contribution in [0.15, 0.2) is 60.8 Å². The van der Waals surface area contributed by atoms with Gasteiger partial charge in [-0.25, -0.2) is 0 Å². The van der Waals surface area contributed by atoms with E-state index in [0.717, 1.165) is 89.9 Å². The number of unbranched alkanes of at least 4 members (excludes halogenated alkanes) is 29. The minimum atomic E-state index is -0.787. The highest BCUT2D eigenvalue weighted by Gasteiger charge is 2.19. The SMILES string of the molecule is CC\C=C/C=C\C=C/C=C\CCCCCCCC(=O)OC(COC(=O)CCCCCCC/C=C\CCCCCCCCCCC)COC(=O)CCCCCCCCCCCCC. The fourth-order valence-electron chi connectivity index (χ4n) is 7.39. The summed E-state index contributed by atoms with van der Waals surface area (Å²) in [6.45, 7) is 6.48. The first-order valence-electron chi connectivity index (χ1n) is 26.3. The van der Waals surface area contributed by atoms with Crippen LogP contribution < -0.4 is 0 Å². The predicted octanol–water partition coefficient (Wildman–Crippen LogP) is 17.3. The summed E-state index contributed by atoms with van der Waals surface area (Å²) < 4.78 is 16.8. The molecule has 62 heavy (non-hydrogen) atoms. The largest absolute Gasteiger partial charge is 0.462 e. The molecule has 1 unspecified atom stereocenters. The average Bonchev–Trinajstić information content (AvgIpc) is 3.27. The standard InChI is InChI=1S/C56H98O6/c1-4-7-10-13-16-19-22-24-26-27-28-30-31-34-37-40-43-46-49-55(58)61-52-53(51-60-54(57)48-45-42-39-36-33-21-18-15-12-9-6-3)62-56(59)50-47-44-41-38-35-32-29-25-23-20-17-14-11-8-5-2/h8,11,14,17,20,23,25,28-30,53H,4-7,9-10,12-13,15-16,18-19,21-22,24,26-27,31-52H2,1-3H3/b11-8-,17-14-,23-20-,29-25-,30-28-. The normalized spacial score (nSPS) is 12.5. The Morgan fingerprint density at radius 3 is 1.03 bits per heavy atom. The Balaban J connectivity index is 4.38. The fraction of sp³-hybridized carbons (Fsp3) is 0.768. The van der Waals surface area contributed by atoms with Gasteiger partial charge in [0.2, 0.25) is 0 Å². The number of hydrogen-bond donors (Lipinski definition) is 0. The van der Waals surface area contributed by atoms with Gasteiger partial charge in [0.25, 0.3) is 0 Å². The summed E-state index contributed by atoms with van der Waals surface area (Å²) >= 11 is 0. The van der Waals surface area contributed by atoms with E-state index in [4.69, 9.17) is 14.2 Å². The zero-order valence-corrected chi connectivity index (χ0v) is 40.9. The van der Waals surface area contributed by atoms with Crippen molar-refractivity contribution in [3.63, 3.8) is 0 Å². The van der Waals surface area contributed by atoms with Gasteiger partial charge in [0.05, 0.1) is 0 Å². The van der Waals surface area contributed by atoms with Gasteiger partial charge in [-0.15, -0.1) is 0 Å². The lowest BCUT2D eigenvalue weighted by Gasteiger charge is -2.18. The third-order valence-electron chi connectivity index (χ3n) is 11.4. The first-order valence-corrected chi connectivity index (χ1v) is 26.3. The monoisotopic (exact) mass is 867 g/mol. The molecule has 0 aromatic heterocycles. The Hall–Kier alpha value is -2.89. The van der Waals surface area contributed by atoms with E-state index in [1.807, 2.05) is 18.2 Å². The highest BCUT2D eigenvalue weighted by Crippen LogP contribution is 2.15. The van der Waals surface area contributed by atoms with Gasteiger partial charge in [0.1, 0.15) is 13.2 Å². The predicted molar refractivity (Wildman–Crippen MR) is 265 cm³/mol. The Bertz CT molecular complexity index is 1130. The van der Waals surface area contributed by atoms with Crippen LogP contribution >= 0.6 is 0 Å². The first kappa shape index (κ1) is 59.1. The summed E-state index contributed by atoms with van der Waals surface area (Å²) in [4.78, 5) is 38.0. The first-order chi connectivity index (χ1) is 30.5.